The zero-order chi connectivity index (χ0) is 13.9. The third kappa shape index (κ3) is 3.04. The monoisotopic (exact) mass is 266 g/mol. The van der Waals surface area contributed by atoms with Gasteiger partial charge in [-0.3, -0.25) is 0 Å². The SMILES string of the molecule is CCOc1nc(N)nc(NCC2(N(C)C)CCC2)n1. The van der Waals surface area contributed by atoms with Crippen molar-refractivity contribution < 1.29 is 4.74 Å². The molecule has 19 heavy (non-hydrogen) atoms. The molecule has 0 radical (unpaired) electrons. The summed E-state index contributed by atoms with van der Waals surface area (Å²) in [6, 6.07) is 0.269. The number of likely N-dealkylation sites (N-methyl/N-ethyl adjacent to an activating group) is 1. The number of hydrogen-bond donors (Lipinski definition) is 2. The van der Waals surface area contributed by atoms with Crippen LogP contribution in [0.1, 0.15) is 26.2 Å². The van der Waals surface area contributed by atoms with E-state index in [1.807, 2.05) is 6.92 Å². The van der Waals surface area contributed by atoms with Crippen LogP contribution >= 0.6 is 0 Å². The summed E-state index contributed by atoms with van der Waals surface area (Å²) in [4.78, 5) is 14.5. The van der Waals surface area contributed by atoms with E-state index < -0.39 is 0 Å². The molecule has 2 rings (SSSR count). The Bertz CT molecular complexity index is 432. The third-order valence-electron chi connectivity index (χ3n) is 3.71. The quantitative estimate of drug-likeness (QED) is 0.785. The number of nitrogens with zero attached hydrogens (tertiary/aromatic N) is 4. The van der Waals surface area contributed by atoms with Crippen LogP contribution in [0.15, 0.2) is 0 Å². The van der Waals surface area contributed by atoms with E-state index in [1.54, 1.807) is 0 Å². The van der Waals surface area contributed by atoms with E-state index in [0.29, 0.717) is 12.6 Å². The minimum Gasteiger partial charge on any atom is -0.464 e. The Morgan fingerprint density at radius 3 is 2.58 bits per heavy atom. The summed E-state index contributed by atoms with van der Waals surface area (Å²) in [5.74, 6) is 0.650. The molecule has 1 aliphatic rings. The highest BCUT2D eigenvalue weighted by Crippen LogP contribution is 2.36. The van der Waals surface area contributed by atoms with E-state index in [4.69, 9.17) is 10.5 Å². The molecule has 0 aliphatic heterocycles. The van der Waals surface area contributed by atoms with Gasteiger partial charge in [0, 0.05) is 12.1 Å². The summed E-state index contributed by atoms with van der Waals surface area (Å²) in [7, 11) is 4.21. The van der Waals surface area contributed by atoms with Gasteiger partial charge in [-0.15, -0.1) is 0 Å². The van der Waals surface area contributed by atoms with Gasteiger partial charge in [0.15, 0.2) is 0 Å². The second-order valence-corrected chi connectivity index (χ2v) is 5.06. The van der Waals surface area contributed by atoms with Crippen LogP contribution in [0.25, 0.3) is 0 Å². The Labute approximate surface area is 113 Å². The van der Waals surface area contributed by atoms with Crippen molar-refractivity contribution in [1.29, 1.82) is 0 Å². The van der Waals surface area contributed by atoms with Crippen molar-refractivity contribution in [1.82, 2.24) is 19.9 Å². The zero-order valence-electron chi connectivity index (χ0n) is 11.8. The Morgan fingerprint density at radius 2 is 2.05 bits per heavy atom. The molecule has 1 aromatic heterocycles. The fourth-order valence-electron chi connectivity index (χ4n) is 2.26. The lowest BCUT2D eigenvalue weighted by Crippen LogP contribution is -2.54. The zero-order valence-corrected chi connectivity index (χ0v) is 11.8. The second-order valence-electron chi connectivity index (χ2n) is 5.06. The average molecular weight is 266 g/mol. The molecule has 106 valence electrons. The molecule has 1 fully saturated rings. The molecule has 0 bridgehead atoms. The molecule has 7 heteroatoms. The molecule has 1 heterocycles. The number of aromatic nitrogens is 3. The normalized spacial score (nSPS) is 17.1. The van der Waals surface area contributed by atoms with E-state index in [9.17, 15) is 0 Å². The van der Waals surface area contributed by atoms with Crippen LogP contribution in [0, 0.1) is 0 Å². The Hall–Kier alpha value is -1.63. The number of hydrogen-bond acceptors (Lipinski definition) is 7. The molecule has 0 atom stereocenters. The predicted molar refractivity (Wildman–Crippen MR) is 74.2 cm³/mol. The third-order valence-corrected chi connectivity index (χ3v) is 3.71. The van der Waals surface area contributed by atoms with Crippen LogP contribution in [-0.2, 0) is 0 Å². The highest BCUT2D eigenvalue weighted by Gasteiger charge is 2.38. The molecular weight excluding hydrogens is 244 g/mol. The first-order valence-corrected chi connectivity index (χ1v) is 6.61. The summed E-state index contributed by atoms with van der Waals surface area (Å²) in [5.41, 5.74) is 5.84. The van der Waals surface area contributed by atoms with E-state index >= 15 is 0 Å². The van der Waals surface area contributed by atoms with Crippen LogP contribution in [-0.4, -0.2) is 52.6 Å². The van der Waals surface area contributed by atoms with Crippen molar-refractivity contribution >= 4 is 11.9 Å². The summed E-state index contributed by atoms with van der Waals surface area (Å²) in [6.45, 7) is 3.18. The molecular formula is C12H22N6O. The number of rotatable bonds is 6. The first kappa shape index (κ1) is 13.8. The number of nitrogens with two attached hydrogens (primary N) is 1. The molecule has 0 unspecified atom stereocenters. The first-order chi connectivity index (χ1) is 9.05. The molecule has 1 aliphatic carbocycles. The summed E-state index contributed by atoms with van der Waals surface area (Å²) in [6.07, 6.45) is 3.64. The van der Waals surface area contributed by atoms with Crippen LogP contribution in [0.2, 0.25) is 0 Å². The molecule has 1 aromatic rings. The van der Waals surface area contributed by atoms with E-state index in [1.165, 1.54) is 19.3 Å². The Morgan fingerprint density at radius 1 is 1.32 bits per heavy atom. The highest BCUT2D eigenvalue weighted by atomic mass is 16.5. The lowest BCUT2D eigenvalue weighted by atomic mass is 9.75. The summed E-state index contributed by atoms with van der Waals surface area (Å²) in [5, 5.41) is 3.24. The number of nitrogen functional groups attached to an aromatic ring is 1. The fraction of sp³-hybridized carbons (Fsp3) is 0.750. The molecule has 0 amide bonds. The maximum atomic E-state index is 5.64. The van der Waals surface area contributed by atoms with Crippen LogP contribution in [0.5, 0.6) is 6.01 Å². The van der Waals surface area contributed by atoms with Gasteiger partial charge in [0.2, 0.25) is 11.9 Å². The maximum Gasteiger partial charge on any atom is 0.323 e. The standard InChI is InChI=1S/C12H22N6O/c1-4-19-11-16-9(13)15-10(17-11)14-8-12(18(2)3)6-5-7-12/h4-8H2,1-3H3,(H3,13,14,15,16,17). The highest BCUT2D eigenvalue weighted by molar-refractivity contribution is 5.33. The average Bonchev–Trinajstić information content (AvgIpc) is 2.26. The topological polar surface area (TPSA) is 89.2 Å². The number of ether oxygens (including phenoxy) is 1. The van der Waals surface area contributed by atoms with Crippen LogP contribution in [0.4, 0.5) is 11.9 Å². The van der Waals surface area contributed by atoms with Gasteiger partial charge in [-0.05, 0) is 40.3 Å². The van der Waals surface area contributed by atoms with Gasteiger partial charge in [-0.2, -0.15) is 15.0 Å². The van der Waals surface area contributed by atoms with Crippen molar-refractivity contribution in [2.75, 3.05) is 38.3 Å². The van der Waals surface area contributed by atoms with E-state index in [-0.39, 0.29) is 17.5 Å². The van der Waals surface area contributed by atoms with Crippen LogP contribution in [0.3, 0.4) is 0 Å². The van der Waals surface area contributed by atoms with Crippen LogP contribution < -0.4 is 15.8 Å². The molecule has 7 nitrogen and oxygen atoms in total. The number of anilines is 2. The van der Waals surface area contributed by atoms with Gasteiger partial charge in [0.25, 0.3) is 0 Å². The van der Waals surface area contributed by atoms with Gasteiger partial charge < -0.3 is 20.7 Å². The lowest BCUT2D eigenvalue weighted by molar-refractivity contribution is 0.0737. The number of nitrogens with one attached hydrogen (secondary N) is 1. The smallest absolute Gasteiger partial charge is 0.323 e. The second kappa shape index (κ2) is 5.56. The Balaban J connectivity index is 2.02. The van der Waals surface area contributed by atoms with Gasteiger partial charge in [-0.25, -0.2) is 0 Å². The van der Waals surface area contributed by atoms with E-state index in [2.05, 4.69) is 39.3 Å². The minimum atomic E-state index is 0.175. The summed E-state index contributed by atoms with van der Waals surface area (Å²) >= 11 is 0. The van der Waals surface area contributed by atoms with Gasteiger partial charge in [0.1, 0.15) is 0 Å². The van der Waals surface area contributed by atoms with Crippen molar-refractivity contribution in [3.8, 4) is 6.01 Å². The molecule has 0 saturated heterocycles. The summed E-state index contributed by atoms with van der Waals surface area (Å²) < 4.78 is 5.25. The Kier molecular flexibility index (Phi) is 4.04. The largest absolute Gasteiger partial charge is 0.464 e. The van der Waals surface area contributed by atoms with Crippen molar-refractivity contribution in [3.63, 3.8) is 0 Å². The van der Waals surface area contributed by atoms with Gasteiger partial charge in [0.05, 0.1) is 6.61 Å². The van der Waals surface area contributed by atoms with Crippen molar-refractivity contribution in [2.24, 2.45) is 0 Å². The molecule has 0 aromatic carbocycles. The van der Waals surface area contributed by atoms with Crippen molar-refractivity contribution in [3.05, 3.63) is 0 Å². The maximum absolute atomic E-state index is 5.64. The lowest BCUT2D eigenvalue weighted by Gasteiger charge is -2.47. The van der Waals surface area contributed by atoms with Gasteiger partial charge >= 0.3 is 6.01 Å². The predicted octanol–water partition coefficient (Wildman–Crippen LogP) is 0.749. The first-order valence-electron chi connectivity index (χ1n) is 6.61. The molecule has 3 N–H and O–H groups in total. The molecule has 1 saturated carbocycles. The van der Waals surface area contributed by atoms with Gasteiger partial charge in [-0.1, -0.05) is 0 Å². The van der Waals surface area contributed by atoms with Crippen molar-refractivity contribution in [2.45, 2.75) is 31.7 Å². The van der Waals surface area contributed by atoms with E-state index in [0.717, 1.165) is 6.54 Å². The fourth-order valence-corrected chi connectivity index (χ4v) is 2.26. The minimum absolute atomic E-state index is 0.175. The molecule has 0 spiro atoms.